The van der Waals surface area contributed by atoms with Gasteiger partial charge in [0.2, 0.25) is 0 Å². The summed E-state index contributed by atoms with van der Waals surface area (Å²) in [6.45, 7) is 7.36. The number of anilines is 1. The maximum Gasteiger partial charge on any atom is 0.413 e. The number of hydrogen-bond acceptors (Lipinski definition) is 6. The fourth-order valence-corrected chi connectivity index (χ4v) is 3.45. The van der Waals surface area contributed by atoms with Crippen LogP contribution in [-0.2, 0) is 4.74 Å². The van der Waals surface area contributed by atoms with Crippen molar-refractivity contribution in [2.75, 3.05) is 18.4 Å². The van der Waals surface area contributed by atoms with E-state index in [0.717, 1.165) is 40.7 Å². The first-order valence-electron chi connectivity index (χ1n) is 7.94. The number of nitrogens with zero attached hydrogens (tertiary/aromatic N) is 4. The molecule has 0 aromatic carbocycles. The lowest BCUT2D eigenvalue weighted by atomic mass is 10.1. The third kappa shape index (κ3) is 3.77. The number of rotatable bonds is 2. The van der Waals surface area contributed by atoms with Gasteiger partial charge in [0.05, 0.1) is 11.4 Å². The number of ether oxygens (including phenoxy) is 1. The summed E-state index contributed by atoms with van der Waals surface area (Å²) in [6, 6.07) is 0.258. The number of hydrogen-bond donors (Lipinski definition) is 2. The minimum atomic E-state index is -0.568. The first-order valence-corrected chi connectivity index (χ1v) is 9.02. The van der Waals surface area contributed by atoms with E-state index in [-0.39, 0.29) is 6.04 Å². The van der Waals surface area contributed by atoms with Crippen LogP contribution in [-0.4, -0.2) is 44.5 Å². The minimum absolute atomic E-state index is 0.258. The van der Waals surface area contributed by atoms with Crippen molar-refractivity contribution >= 4 is 45.5 Å². The molecule has 0 radical (unpaired) electrons. The molecule has 9 heteroatoms. The molecule has 1 saturated heterocycles. The van der Waals surface area contributed by atoms with Crippen LogP contribution >= 0.6 is 22.6 Å². The largest absolute Gasteiger partial charge is 0.444 e. The molecule has 0 saturated carbocycles. The summed E-state index contributed by atoms with van der Waals surface area (Å²) in [6.07, 6.45) is 3.07. The summed E-state index contributed by atoms with van der Waals surface area (Å²) < 4.78 is 8.00. The lowest BCUT2D eigenvalue weighted by Gasteiger charge is -2.23. The van der Waals surface area contributed by atoms with Gasteiger partial charge in [0.15, 0.2) is 11.5 Å². The second kappa shape index (κ2) is 6.79. The van der Waals surface area contributed by atoms with Gasteiger partial charge in [-0.3, -0.25) is 5.32 Å². The van der Waals surface area contributed by atoms with Crippen molar-refractivity contribution in [3.63, 3.8) is 0 Å². The highest BCUT2D eigenvalue weighted by molar-refractivity contribution is 14.1. The number of fused-ring (bicyclic) bond motifs is 1. The van der Waals surface area contributed by atoms with Gasteiger partial charge in [0.25, 0.3) is 0 Å². The summed E-state index contributed by atoms with van der Waals surface area (Å²) >= 11 is 2.15. The molecule has 1 amide bonds. The number of piperidine rings is 1. The van der Waals surface area contributed by atoms with Crippen molar-refractivity contribution in [3.05, 3.63) is 10.0 Å². The molecule has 130 valence electrons. The van der Waals surface area contributed by atoms with Gasteiger partial charge >= 0.3 is 6.09 Å². The smallest absolute Gasteiger partial charge is 0.413 e. The van der Waals surface area contributed by atoms with Crippen LogP contribution in [0.5, 0.6) is 0 Å². The zero-order chi connectivity index (χ0) is 17.3. The molecule has 2 aromatic heterocycles. The molecule has 1 aliphatic heterocycles. The van der Waals surface area contributed by atoms with Gasteiger partial charge in [0.1, 0.15) is 15.6 Å². The Kier molecular flexibility index (Phi) is 4.90. The topological polar surface area (TPSA) is 94.0 Å². The molecule has 0 bridgehead atoms. The summed E-state index contributed by atoms with van der Waals surface area (Å²) in [4.78, 5) is 20.6. The van der Waals surface area contributed by atoms with E-state index in [9.17, 15) is 4.79 Å². The zero-order valence-electron chi connectivity index (χ0n) is 14.0. The van der Waals surface area contributed by atoms with Gasteiger partial charge in [-0.25, -0.2) is 19.4 Å². The van der Waals surface area contributed by atoms with E-state index in [4.69, 9.17) is 4.74 Å². The van der Waals surface area contributed by atoms with Gasteiger partial charge < -0.3 is 10.1 Å². The Bertz CT molecular complexity index is 748. The van der Waals surface area contributed by atoms with Crippen LogP contribution < -0.4 is 10.6 Å². The molecule has 1 atom stereocenters. The number of amides is 1. The van der Waals surface area contributed by atoms with Gasteiger partial charge in [-0.15, -0.1) is 0 Å². The Morgan fingerprint density at radius 1 is 1.46 bits per heavy atom. The van der Waals surface area contributed by atoms with Gasteiger partial charge in [-0.1, -0.05) is 0 Å². The Balaban J connectivity index is 1.92. The highest BCUT2D eigenvalue weighted by atomic mass is 127. The third-order valence-electron chi connectivity index (χ3n) is 3.68. The summed E-state index contributed by atoms with van der Waals surface area (Å²) in [5.74, 6) is 0.425. The van der Waals surface area contributed by atoms with Crippen molar-refractivity contribution in [1.82, 2.24) is 25.1 Å². The molecule has 3 rings (SSSR count). The second-order valence-corrected chi connectivity index (χ2v) is 7.81. The Labute approximate surface area is 153 Å². The molecule has 2 N–H and O–H groups in total. The summed E-state index contributed by atoms with van der Waals surface area (Å²) in [7, 11) is 0. The van der Waals surface area contributed by atoms with Crippen LogP contribution in [0.1, 0.15) is 39.7 Å². The van der Waals surface area contributed by atoms with Crippen molar-refractivity contribution in [3.8, 4) is 0 Å². The lowest BCUT2D eigenvalue weighted by Crippen LogP contribution is -2.32. The Hall–Kier alpha value is -1.49. The molecule has 2 aromatic rings. The first-order chi connectivity index (χ1) is 11.3. The van der Waals surface area contributed by atoms with E-state index in [2.05, 4.69) is 48.3 Å². The second-order valence-electron chi connectivity index (χ2n) is 6.78. The molecule has 8 nitrogen and oxygen atoms in total. The van der Waals surface area contributed by atoms with Gasteiger partial charge in [0, 0.05) is 6.54 Å². The van der Waals surface area contributed by atoms with E-state index >= 15 is 0 Å². The molecule has 1 fully saturated rings. The van der Waals surface area contributed by atoms with Crippen LogP contribution in [0.15, 0.2) is 6.33 Å². The van der Waals surface area contributed by atoms with Crippen LogP contribution in [0.4, 0.5) is 10.6 Å². The minimum Gasteiger partial charge on any atom is -0.444 e. The number of carbonyl (C=O) groups is 1. The van der Waals surface area contributed by atoms with E-state index in [0.29, 0.717) is 5.82 Å². The number of nitrogens with one attached hydrogen (secondary N) is 2. The average molecular weight is 444 g/mol. The SMILES string of the molecule is CC(C)(C)OC(=O)Nc1ncnc2c1c(I)nn2C1CCCNC1. The molecular formula is C15H21IN6O2. The Morgan fingerprint density at radius 2 is 2.25 bits per heavy atom. The standard InChI is InChI=1S/C15H21IN6O2/c1-15(2,3)24-14(23)20-12-10-11(16)21-22(13(10)19-8-18-12)9-5-4-6-17-7-9/h8-9,17H,4-7H2,1-3H3,(H,18,19,20,23). The quantitative estimate of drug-likeness (QED) is 0.692. The van der Waals surface area contributed by atoms with Crippen LogP contribution in [0.25, 0.3) is 11.0 Å². The molecule has 3 heterocycles. The van der Waals surface area contributed by atoms with E-state index in [1.54, 1.807) is 0 Å². The monoisotopic (exact) mass is 444 g/mol. The molecular weight excluding hydrogens is 423 g/mol. The third-order valence-corrected chi connectivity index (χ3v) is 4.44. The number of halogens is 1. The van der Waals surface area contributed by atoms with Gasteiger partial charge in [-0.05, 0) is 62.7 Å². The summed E-state index contributed by atoms with van der Waals surface area (Å²) in [5.41, 5.74) is 0.163. The fraction of sp³-hybridized carbons (Fsp3) is 0.600. The first kappa shape index (κ1) is 17.3. The molecule has 0 aliphatic carbocycles. The Morgan fingerprint density at radius 3 is 2.92 bits per heavy atom. The predicted octanol–water partition coefficient (Wildman–Crippen LogP) is 2.70. The molecule has 1 aliphatic rings. The van der Waals surface area contributed by atoms with E-state index in [1.165, 1.54) is 6.33 Å². The highest BCUT2D eigenvalue weighted by Crippen LogP contribution is 2.29. The fourth-order valence-electron chi connectivity index (χ4n) is 2.72. The maximum absolute atomic E-state index is 12.1. The molecule has 24 heavy (non-hydrogen) atoms. The van der Waals surface area contributed by atoms with Crippen molar-refractivity contribution in [2.24, 2.45) is 0 Å². The zero-order valence-corrected chi connectivity index (χ0v) is 16.1. The molecule has 0 spiro atoms. The van der Waals surface area contributed by atoms with Gasteiger partial charge in [-0.2, -0.15) is 5.10 Å². The van der Waals surface area contributed by atoms with E-state index in [1.807, 2.05) is 25.5 Å². The maximum atomic E-state index is 12.1. The van der Waals surface area contributed by atoms with Crippen molar-refractivity contribution < 1.29 is 9.53 Å². The normalized spacial score (nSPS) is 18.6. The van der Waals surface area contributed by atoms with Crippen LogP contribution in [0.2, 0.25) is 0 Å². The lowest BCUT2D eigenvalue weighted by molar-refractivity contribution is 0.0635. The van der Waals surface area contributed by atoms with Crippen LogP contribution in [0.3, 0.4) is 0 Å². The van der Waals surface area contributed by atoms with Crippen molar-refractivity contribution in [2.45, 2.75) is 45.3 Å². The summed E-state index contributed by atoms with van der Waals surface area (Å²) in [5, 5.41) is 11.5. The van der Waals surface area contributed by atoms with Crippen LogP contribution in [0, 0.1) is 3.70 Å². The predicted molar refractivity (Wildman–Crippen MR) is 99.0 cm³/mol. The molecule has 1 unspecified atom stereocenters. The number of carbonyl (C=O) groups excluding carboxylic acids is 1. The highest BCUT2D eigenvalue weighted by Gasteiger charge is 2.24. The number of aromatic nitrogens is 4. The van der Waals surface area contributed by atoms with Crippen molar-refractivity contribution in [1.29, 1.82) is 0 Å². The average Bonchev–Trinajstić information content (AvgIpc) is 2.84. The van der Waals surface area contributed by atoms with E-state index < -0.39 is 11.7 Å².